The molecular weight excluding hydrogens is 305 g/mol. The van der Waals surface area contributed by atoms with Crippen LogP contribution in [0.5, 0.6) is 0 Å². The Kier molecular flexibility index (Phi) is 3.72. The Morgan fingerprint density at radius 2 is 1.92 bits per heavy atom. The number of nitrogens with zero attached hydrogens (tertiary/aromatic N) is 4. The second kappa shape index (κ2) is 5.60. The van der Waals surface area contributed by atoms with Crippen LogP contribution in [0.2, 0.25) is 0 Å². The van der Waals surface area contributed by atoms with Crippen molar-refractivity contribution in [1.29, 1.82) is 0 Å². The quantitative estimate of drug-likeness (QED) is 0.698. The first kappa shape index (κ1) is 15.9. The van der Waals surface area contributed by atoms with Crippen LogP contribution in [0.3, 0.4) is 0 Å². The molecule has 0 unspecified atom stereocenters. The molecule has 2 N–H and O–H groups in total. The molecule has 2 aromatic heterocycles. The van der Waals surface area contributed by atoms with Gasteiger partial charge in [-0.3, -0.25) is 0 Å². The summed E-state index contributed by atoms with van der Waals surface area (Å²) in [6.07, 6.45) is 0. The molecule has 0 fully saturated rings. The summed E-state index contributed by atoms with van der Waals surface area (Å²) in [5, 5.41) is 0. The zero-order valence-electron chi connectivity index (χ0n) is 14.1. The Labute approximate surface area is 139 Å². The maximum Gasteiger partial charge on any atom is 0.208 e. The Balaban J connectivity index is 2.18. The molecule has 0 aliphatic carbocycles. The molecule has 3 rings (SSSR count). The van der Waals surface area contributed by atoms with Gasteiger partial charge in [0.15, 0.2) is 17.0 Å². The van der Waals surface area contributed by atoms with E-state index >= 15 is 0 Å². The maximum absolute atomic E-state index is 13.5. The lowest BCUT2D eigenvalue weighted by atomic mass is 9.98. The van der Waals surface area contributed by atoms with Crippen molar-refractivity contribution in [3.05, 3.63) is 35.9 Å². The van der Waals surface area contributed by atoms with Crippen molar-refractivity contribution in [3.63, 3.8) is 0 Å². The Hall–Kier alpha value is -2.94. The van der Waals surface area contributed by atoms with Crippen LogP contribution in [-0.4, -0.2) is 19.5 Å². The molecule has 24 heavy (non-hydrogen) atoms. The minimum atomic E-state index is -0.324. The van der Waals surface area contributed by atoms with Gasteiger partial charge in [-0.1, -0.05) is 18.1 Å². The average Bonchev–Trinajstić information content (AvgIpc) is 2.83. The molecule has 0 amide bonds. The van der Waals surface area contributed by atoms with Gasteiger partial charge in [-0.15, -0.1) is 0 Å². The number of halogens is 1. The van der Waals surface area contributed by atoms with Crippen molar-refractivity contribution >= 4 is 17.0 Å². The number of rotatable bonds is 1. The molecule has 0 saturated carbocycles. The minimum absolute atomic E-state index is 0.160. The fraction of sp³-hybridized carbons (Fsp3) is 0.278. The monoisotopic (exact) mass is 323 g/mol. The van der Waals surface area contributed by atoms with Gasteiger partial charge in [-0.05, 0) is 38.8 Å². The first-order valence-electron chi connectivity index (χ1n) is 7.54. The van der Waals surface area contributed by atoms with Crippen LogP contribution in [0.25, 0.3) is 22.6 Å². The zero-order chi connectivity index (χ0) is 17.5. The highest BCUT2D eigenvalue weighted by Crippen LogP contribution is 2.25. The molecule has 3 aromatic rings. The highest BCUT2D eigenvalue weighted by Gasteiger charge is 2.15. The summed E-state index contributed by atoms with van der Waals surface area (Å²) in [5.74, 6) is 6.90. The molecule has 122 valence electrons. The first-order valence-corrected chi connectivity index (χ1v) is 7.54. The minimum Gasteiger partial charge on any atom is -0.382 e. The lowest BCUT2D eigenvalue weighted by molar-refractivity contribution is 0.571. The van der Waals surface area contributed by atoms with Crippen molar-refractivity contribution in [2.45, 2.75) is 20.8 Å². The van der Waals surface area contributed by atoms with Crippen molar-refractivity contribution < 1.29 is 4.39 Å². The van der Waals surface area contributed by atoms with Crippen molar-refractivity contribution in [2.75, 3.05) is 5.73 Å². The van der Waals surface area contributed by atoms with Gasteiger partial charge in [-0.2, -0.15) is 0 Å². The predicted molar refractivity (Wildman–Crippen MR) is 92.4 cm³/mol. The van der Waals surface area contributed by atoms with E-state index in [1.165, 1.54) is 12.1 Å². The molecule has 0 aliphatic rings. The normalized spacial score (nSPS) is 11.4. The number of anilines is 1. The van der Waals surface area contributed by atoms with Crippen LogP contribution in [0, 0.1) is 23.1 Å². The molecular formula is C18H18FN5. The number of fused-ring (bicyclic) bond motifs is 1. The summed E-state index contributed by atoms with van der Waals surface area (Å²) < 4.78 is 15.3. The molecule has 5 nitrogen and oxygen atoms in total. The number of hydrogen-bond donors (Lipinski definition) is 1. The molecule has 0 spiro atoms. The van der Waals surface area contributed by atoms with Crippen LogP contribution in [0.1, 0.15) is 26.6 Å². The molecule has 1 aromatic carbocycles. The van der Waals surface area contributed by atoms with E-state index < -0.39 is 0 Å². The van der Waals surface area contributed by atoms with E-state index in [4.69, 9.17) is 5.73 Å². The second-order valence-corrected chi connectivity index (χ2v) is 6.61. The predicted octanol–water partition coefficient (Wildman–Crippen LogP) is 3.15. The number of benzene rings is 1. The molecule has 0 saturated heterocycles. The Morgan fingerprint density at radius 3 is 2.58 bits per heavy atom. The van der Waals surface area contributed by atoms with Gasteiger partial charge in [0, 0.05) is 18.0 Å². The summed E-state index contributed by atoms with van der Waals surface area (Å²) in [7, 11) is 1.81. The van der Waals surface area contributed by atoms with Gasteiger partial charge in [0.25, 0.3) is 0 Å². The third-order valence-corrected chi connectivity index (χ3v) is 3.38. The topological polar surface area (TPSA) is 69.6 Å². The summed E-state index contributed by atoms with van der Waals surface area (Å²) in [6, 6.07) is 6.24. The van der Waals surface area contributed by atoms with Gasteiger partial charge in [0.1, 0.15) is 11.6 Å². The van der Waals surface area contributed by atoms with Crippen LogP contribution in [0.4, 0.5) is 10.2 Å². The lowest BCUT2D eigenvalue weighted by Crippen LogP contribution is -2.03. The van der Waals surface area contributed by atoms with Gasteiger partial charge in [0.05, 0.1) is 0 Å². The molecule has 0 aliphatic heterocycles. The second-order valence-electron chi connectivity index (χ2n) is 6.61. The number of aromatic nitrogens is 4. The van der Waals surface area contributed by atoms with E-state index in [1.807, 2.05) is 27.8 Å². The summed E-state index contributed by atoms with van der Waals surface area (Å²) >= 11 is 0. The van der Waals surface area contributed by atoms with E-state index in [2.05, 4.69) is 26.8 Å². The Bertz CT molecular complexity index is 986. The van der Waals surface area contributed by atoms with Crippen LogP contribution in [-0.2, 0) is 7.05 Å². The van der Waals surface area contributed by atoms with Crippen molar-refractivity contribution in [3.8, 4) is 23.2 Å². The van der Waals surface area contributed by atoms with Crippen LogP contribution < -0.4 is 5.73 Å². The summed E-state index contributed by atoms with van der Waals surface area (Å²) in [4.78, 5) is 13.1. The standard InChI is InChI=1S/C18H18FN5/c1-18(2,3)9-8-13-21-15(20)14-17(22-13)24(4)16(23-14)11-6-5-7-12(19)10-11/h5-7,10H,1-4H3,(H2,20,21,22). The largest absolute Gasteiger partial charge is 0.382 e. The Morgan fingerprint density at radius 1 is 1.17 bits per heavy atom. The SMILES string of the molecule is Cn1c(-c2cccc(F)c2)nc2c(N)nc(C#CC(C)(C)C)nc21. The number of hydrogen-bond acceptors (Lipinski definition) is 4. The lowest BCUT2D eigenvalue weighted by Gasteiger charge is -2.06. The van der Waals surface area contributed by atoms with E-state index in [-0.39, 0.29) is 17.1 Å². The van der Waals surface area contributed by atoms with Gasteiger partial charge in [-0.25, -0.2) is 19.3 Å². The third-order valence-electron chi connectivity index (χ3n) is 3.38. The molecule has 0 bridgehead atoms. The number of nitrogen functional groups attached to an aromatic ring is 1. The van der Waals surface area contributed by atoms with E-state index in [0.29, 0.717) is 28.4 Å². The fourth-order valence-electron chi connectivity index (χ4n) is 2.27. The number of imidazole rings is 1. The van der Waals surface area contributed by atoms with E-state index in [0.717, 1.165) is 0 Å². The maximum atomic E-state index is 13.5. The third kappa shape index (κ3) is 3.06. The number of nitrogens with two attached hydrogens (primary N) is 1. The zero-order valence-corrected chi connectivity index (χ0v) is 14.1. The summed E-state index contributed by atoms with van der Waals surface area (Å²) in [5.41, 5.74) is 7.56. The smallest absolute Gasteiger partial charge is 0.208 e. The molecule has 2 heterocycles. The van der Waals surface area contributed by atoms with Gasteiger partial charge < -0.3 is 10.3 Å². The van der Waals surface area contributed by atoms with Crippen LogP contribution >= 0.6 is 0 Å². The molecule has 6 heteroatoms. The van der Waals surface area contributed by atoms with Crippen molar-refractivity contribution in [1.82, 2.24) is 19.5 Å². The highest BCUT2D eigenvalue weighted by atomic mass is 19.1. The van der Waals surface area contributed by atoms with Crippen molar-refractivity contribution in [2.24, 2.45) is 12.5 Å². The van der Waals surface area contributed by atoms with Crippen LogP contribution in [0.15, 0.2) is 24.3 Å². The van der Waals surface area contributed by atoms with Gasteiger partial charge in [0.2, 0.25) is 5.82 Å². The number of aryl methyl sites for hydroxylation is 1. The molecule has 0 atom stereocenters. The van der Waals surface area contributed by atoms with E-state index in [1.54, 1.807) is 16.7 Å². The fourth-order valence-corrected chi connectivity index (χ4v) is 2.27. The van der Waals surface area contributed by atoms with E-state index in [9.17, 15) is 4.39 Å². The average molecular weight is 323 g/mol. The molecule has 0 radical (unpaired) electrons. The highest BCUT2D eigenvalue weighted by molar-refractivity contribution is 5.85. The first-order chi connectivity index (χ1) is 11.2. The summed E-state index contributed by atoms with van der Waals surface area (Å²) in [6.45, 7) is 6.02. The van der Waals surface area contributed by atoms with Gasteiger partial charge >= 0.3 is 0 Å².